The standard InChI is InChI=1S/C15H18BrN3OS/c1-10(2)19(9-12-4-3-7-21-12)14-6-5-11(8-13(14)16)15(17)18-20/h3-8,10,20H,9H2,1-2H3,(H2,17,18). The molecule has 0 aliphatic heterocycles. The number of nitrogens with zero attached hydrogens (tertiary/aromatic N) is 2. The van der Waals surface area contributed by atoms with Crippen molar-refractivity contribution in [1.82, 2.24) is 0 Å². The molecular formula is C15H18BrN3OS. The minimum Gasteiger partial charge on any atom is -0.409 e. The van der Waals surface area contributed by atoms with Gasteiger partial charge in [-0.2, -0.15) is 0 Å². The summed E-state index contributed by atoms with van der Waals surface area (Å²) in [4.78, 5) is 3.63. The minimum atomic E-state index is 0.108. The Kier molecular flexibility index (Phi) is 5.25. The van der Waals surface area contributed by atoms with Gasteiger partial charge in [-0.3, -0.25) is 0 Å². The lowest BCUT2D eigenvalue weighted by Gasteiger charge is -2.29. The maximum absolute atomic E-state index is 8.76. The first-order chi connectivity index (χ1) is 10.0. The molecule has 1 aromatic heterocycles. The van der Waals surface area contributed by atoms with Crippen LogP contribution >= 0.6 is 27.3 Å². The van der Waals surface area contributed by atoms with Gasteiger partial charge in [0.05, 0.1) is 12.2 Å². The maximum Gasteiger partial charge on any atom is 0.170 e. The van der Waals surface area contributed by atoms with Gasteiger partial charge in [-0.25, -0.2) is 0 Å². The highest BCUT2D eigenvalue weighted by Crippen LogP contribution is 2.30. The van der Waals surface area contributed by atoms with Gasteiger partial charge < -0.3 is 15.8 Å². The molecule has 0 unspecified atom stereocenters. The number of amidine groups is 1. The van der Waals surface area contributed by atoms with Crippen LogP contribution in [-0.2, 0) is 6.54 Å². The molecule has 0 spiro atoms. The topological polar surface area (TPSA) is 61.8 Å². The second-order valence-electron chi connectivity index (χ2n) is 4.95. The van der Waals surface area contributed by atoms with E-state index in [1.165, 1.54) is 4.88 Å². The van der Waals surface area contributed by atoms with E-state index >= 15 is 0 Å². The highest BCUT2D eigenvalue weighted by molar-refractivity contribution is 9.10. The average Bonchev–Trinajstić information content (AvgIpc) is 2.97. The van der Waals surface area contributed by atoms with E-state index in [0.29, 0.717) is 11.6 Å². The molecule has 1 aromatic carbocycles. The number of halogens is 1. The lowest BCUT2D eigenvalue weighted by Crippen LogP contribution is -2.30. The van der Waals surface area contributed by atoms with E-state index in [9.17, 15) is 0 Å². The Balaban J connectivity index is 2.32. The van der Waals surface area contributed by atoms with Crippen molar-refractivity contribution in [3.05, 3.63) is 50.6 Å². The fourth-order valence-corrected chi connectivity index (χ4v) is 3.38. The van der Waals surface area contributed by atoms with Crippen LogP contribution in [0.4, 0.5) is 5.69 Å². The predicted molar refractivity (Wildman–Crippen MR) is 92.3 cm³/mol. The van der Waals surface area contributed by atoms with Crippen molar-refractivity contribution >= 4 is 38.8 Å². The molecule has 0 aliphatic rings. The van der Waals surface area contributed by atoms with E-state index in [2.05, 4.69) is 57.3 Å². The van der Waals surface area contributed by atoms with Crippen molar-refractivity contribution in [1.29, 1.82) is 0 Å². The van der Waals surface area contributed by atoms with Gasteiger partial charge in [0.15, 0.2) is 5.84 Å². The van der Waals surface area contributed by atoms with Crippen LogP contribution in [0.1, 0.15) is 24.3 Å². The number of thiophene rings is 1. The van der Waals surface area contributed by atoms with Crippen molar-refractivity contribution < 1.29 is 5.21 Å². The van der Waals surface area contributed by atoms with E-state index in [0.717, 1.165) is 16.7 Å². The number of oxime groups is 1. The summed E-state index contributed by atoms with van der Waals surface area (Å²) in [6.45, 7) is 5.19. The molecule has 0 saturated carbocycles. The van der Waals surface area contributed by atoms with Crippen LogP contribution < -0.4 is 10.6 Å². The lowest BCUT2D eigenvalue weighted by molar-refractivity contribution is 0.318. The van der Waals surface area contributed by atoms with Gasteiger partial charge >= 0.3 is 0 Å². The first-order valence-electron chi connectivity index (χ1n) is 6.59. The normalized spacial score (nSPS) is 11.9. The van der Waals surface area contributed by atoms with Gasteiger partial charge in [-0.1, -0.05) is 11.2 Å². The molecule has 0 saturated heterocycles. The van der Waals surface area contributed by atoms with Crippen molar-refractivity contribution in [2.45, 2.75) is 26.4 Å². The van der Waals surface area contributed by atoms with E-state index in [-0.39, 0.29) is 5.84 Å². The second-order valence-corrected chi connectivity index (χ2v) is 6.84. The Morgan fingerprint density at radius 1 is 1.43 bits per heavy atom. The zero-order valence-electron chi connectivity index (χ0n) is 12.0. The maximum atomic E-state index is 8.76. The summed E-state index contributed by atoms with van der Waals surface area (Å²) in [6.07, 6.45) is 0. The first kappa shape index (κ1) is 15.9. The van der Waals surface area contributed by atoms with Crippen molar-refractivity contribution in [3.63, 3.8) is 0 Å². The molecule has 0 atom stereocenters. The van der Waals surface area contributed by atoms with Gasteiger partial charge in [0.2, 0.25) is 0 Å². The van der Waals surface area contributed by atoms with Crippen molar-refractivity contribution in [3.8, 4) is 0 Å². The summed E-state index contributed by atoms with van der Waals surface area (Å²) >= 11 is 5.34. The monoisotopic (exact) mass is 367 g/mol. The Labute approximate surface area is 137 Å². The molecule has 6 heteroatoms. The van der Waals surface area contributed by atoms with Crippen LogP contribution in [0.5, 0.6) is 0 Å². The number of hydrogen-bond donors (Lipinski definition) is 2. The third-order valence-electron chi connectivity index (χ3n) is 3.19. The van der Waals surface area contributed by atoms with Crippen LogP contribution in [0, 0.1) is 0 Å². The third-order valence-corrected chi connectivity index (χ3v) is 4.69. The number of rotatable bonds is 5. The Morgan fingerprint density at radius 2 is 2.19 bits per heavy atom. The molecule has 3 N–H and O–H groups in total. The highest BCUT2D eigenvalue weighted by Gasteiger charge is 2.15. The zero-order chi connectivity index (χ0) is 15.4. The van der Waals surface area contributed by atoms with E-state index < -0.39 is 0 Å². The predicted octanol–water partition coefficient (Wildman–Crippen LogP) is 4.02. The summed E-state index contributed by atoms with van der Waals surface area (Å²) in [7, 11) is 0. The zero-order valence-corrected chi connectivity index (χ0v) is 14.4. The van der Waals surface area contributed by atoms with Gasteiger partial charge in [0.25, 0.3) is 0 Å². The molecule has 21 heavy (non-hydrogen) atoms. The van der Waals surface area contributed by atoms with Crippen molar-refractivity contribution in [2.24, 2.45) is 10.9 Å². The van der Waals surface area contributed by atoms with Gasteiger partial charge in [-0.05, 0) is 59.4 Å². The molecule has 0 bridgehead atoms. The molecule has 1 heterocycles. The van der Waals surface area contributed by atoms with Crippen LogP contribution in [0.2, 0.25) is 0 Å². The number of nitrogens with two attached hydrogens (primary N) is 1. The molecular weight excluding hydrogens is 350 g/mol. The highest BCUT2D eigenvalue weighted by atomic mass is 79.9. The molecule has 112 valence electrons. The minimum absolute atomic E-state index is 0.108. The number of hydrogen-bond acceptors (Lipinski definition) is 4. The molecule has 0 aliphatic carbocycles. The Bertz CT molecular complexity index is 626. The quantitative estimate of drug-likeness (QED) is 0.363. The summed E-state index contributed by atoms with van der Waals surface area (Å²) in [5.41, 5.74) is 7.40. The summed E-state index contributed by atoms with van der Waals surface area (Å²) in [5.74, 6) is 0.108. The second kappa shape index (κ2) is 6.95. The largest absolute Gasteiger partial charge is 0.409 e. The fourth-order valence-electron chi connectivity index (χ4n) is 2.07. The molecule has 0 amide bonds. The average molecular weight is 368 g/mol. The summed E-state index contributed by atoms with van der Waals surface area (Å²) < 4.78 is 0.928. The Morgan fingerprint density at radius 3 is 2.71 bits per heavy atom. The number of benzene rings is 1. The van der Waals surface area contributed by atoms with Crippen LogP contribution in [-0.4, -0.2) is 17.1 Å². The number of anilines is 1. The molecule has 0 fully saturated rings. The third kappa shape index (κ3) is 3.77. The molecule has 0 radical (unpaired) electrons. The van der Waals surface area contributed by atoms with E-state index in [4.69, 9.17) is 10.9 Å². The molecule has 4 nitrogen and oxygen atoms in total. The van der Waals surface area contributed by atoms with E-state index in [1.54, 1.807) is 11.3 Å². The lowest BCUT2D eigenvalue weighted by atomic mass is 10.1. The van der Waals surface area contributed by atoms with Gasteiger partial charge in [0.1, 0.15) is 0 Å². The summed E-state index contributed by atoms with van der Waals surface area (Å²) in [5, 5.41) is 13.9. The van der Waals surface area contributed by atoms with Crippen LogP contribution in [0.3, 0.4) is 0 Å². The SMILES string of the molecule is CC(C)N(Cc1cccs1)c1ccc(/C(N)=N/O)cc1Br. The van der Waals surface area contributed by atoms with Crippen LogP contribution in [0.25, 0.3) is 0 Å². The smallest absolute Gasteiger partial charge is 0.170 e. The Hall–Kier alpha value is -1.53. The fraction of sp³-hybridized carbons (Fsp3) is 0.267. The molecule has 2 aromatic rings. The molecule has 2 rings (SSSR count). The van der Waals surface area contributed by atoms with Crippen LogP contribution in [0.15, 0.2) is 45.3 Å². The van der Waals surface area contributed by atoms with Gasteiger partial charge in [-0.15, -0.1) is 11.3 Å². The van der Waals surface area contributed by atoms with E-state index in [1.807, 2.05) is 18.2 Å². The first-order valence-corrected chi connectivity index (χ1v) is 8.26. The van der Waals surface area contributed by atoms with Gasteiger partial charge in [0, 0.05) is 21.0 Å². The summed E-state index contributed by atoms with van der Waals surface area (Å²) in [6, 6.07) is 10.3. The van der Waals surface area contributed by atoms with Crippen molar-refractivity contribution in [2.75, 3.05) is 4.90 Å².